The lowest BCUT2D eigenvalue weighted by molar-refractivity contribution is 1.25. The number of nitrogens with zero attached hydrogens (tertiary/aromatic N) is 1. The zero-order valence-electron chi connectivity index (χ0n) is 7.89. The van der Waals surface area contributed by atoms with Gasteiger partial charge in [0.2, 0.25) is 0 Å². The Labute approximate surface area is 69.5 Å². The van der Waals surface area contributed by atoms with Crippen LogP contribution in [-0.2, 0) is 0 Å². The lowest BCUT2D eigenvalue weighted by atomic mass is 10.3. The summed E-state index contributed by atoms with van der Waals surface area (Å²) in [7, 11) is 0. The summed E-state index contributed by atoms with van der Waals surface area (Å²) in [5.74, 6) is 0. The van der Waals surface area contributed by atoms with Gasteiger partial charge in [0.1, 0.15) is 0 Å². The first kappa shape index (κ1) is 10.2. The number of allylic oxidation sites excluding steroid dienone is 3. The van der Waals surface area contributed by atoms with Crippen molar-refractivity contribution in [2.24, 2.45) is 4.99 Å². The van der Waals surface area contributed by atoms with Gasteiger partial charge >= 0.3 is 0 Å². The van der Waals surface area contributed by atoms with E-state index in [9.17, 15) is 0 Å². The van der Waals surface area contributed by atoms with Crippen LogP contribution in [0.25, 0.3) is 0 Å². The predicted molar refractivity (Wildman–Crippen MR) is 52.0 cm³/mol. The van der Waals surface area contributed by atoms with Crippen molar-refractivity contribution >= 4 is 5.71 Å². The standard InChI is InChI=1S/C10H17N/c1-5-9(3)7-8-11-10(4)6-2/h5,7-8H,6H2,1-4H3/b8-7-,9-5+,11-10+. The smallest absolute Gasteiger partial charge is 0.0269 e. The number of rotatable bonds is 3. The Kier molecular flexibility index (Phi) is 5.44. The van der Waals surface area contributed by atoms with E-state index in [1.54, 1.807) is 0 Å². The Hall–Kier alpha value is -0.850. The molecule has 62 valence electrons. The van der Waals surface area contributed by atoms with Crippen molar-refractivity contribution in [1.82, 2.24) is 0 Å². The molecule has 0 aliphatic rings. The highest BCUT2D eigenvalue weighted by molar-refractivity contribution is 5.82. The molecule has 0 aromatic carbocycles. The van der Waals surface area contributed by atoms with Crippen LogP contribution in [0.2, 0.25) is 0 Å². The minimum absolute atomic E-state index is 1.03. The third kappa shape index (κ3) is 5.59. The summed E-state index contributed by atoms with van der Waals surface area (Å²) in [4.78, 5) is 4.23. The fraction of sp³-hybridized carbons (Fsp3) is 0.500. The molecule has 0 heterocycles. The van der Waals surface area contributed by atoms with Gasteiger partial charge in [-0.3, -0.25) is 4.99 Å². The fourth-order valence-electron chi connectivity index (χ4n) is 0.470. The Bertz CT molecular complexity index is 185. The summed E-state index contributed by atoms with van der Waals surface area (Å²) in [5.41, 5.74) is 2.42. The van der Waals surface area contributed by atoms with Crippen LogP contribution in [0.3, 0.4) is 0 Å². The van der Waals surface area contributed by atoms with Crippen LogP contribution < -0.4 is 0 Å². The first-order valence-electron chi connectivity index (χ1n) is 4.03. The molecule has 0 aromatic heterocycles. The van der Waals surface area contributed by atoms with Gasteiger partial charge in [0.25, 0.3) is 0 Å². The summed E-state index contributed by atoms with van der Waals surface area (Å²) >= 11 is 0. The molecule has 0 saturated heterocycles. The maximum absolute atomic E-state index is 4.23. The molecule has 0 N–H and O–H groups in total. The van der Waals surface area contributed by atoms with Crippen LogP contribution in [0.5, 0.6) is 0 Å². The van der Waals surface area contributed by atoms with E-state index < -0.39 is 0 Å². The molecule has 1 heteroatoms. The monoisotopic (exact) mass is 151 g/mol. The Balaban J connectivity index is 3.96. The summed E-state index contributed by atoms with van der Waals surface area (Å²) in [6, 6.07) is 0. The van der Waals surface area contributed by atoms with Crippen molar-refractivity contribution in [1.29, 1.82) is 0 Å². The molecule has 0 saturated carbocycles. The largest absolute Gasteiger partial charge is 0.266 e. The predicted octanol–water partition coefficient (Wildman–Crippen LogP) is 3.34. The van der Waals surface area contributed by atoms with Crippen LogP contribution in [0, 0.1) is 0 Å². The second kappa shape index (κ2) is 5.90. The topological polar surface area (TPSA) is 12.4 Å². The van der Waals surface area contributed by atoms with Gasteiger partial charge in [0.05, 0.1) is 0 Å². The molecule has 11 heavy (non-hydrogen) atoms. The molecule has 0 atom stereocenters. The third-order valence-corrected chi connectivity index (χ3v) is 1.60. The quantitative estimate of drug-likeness (QED) is 0.433. The molecule has 0 bridgehead atoms. The minimum atomic E-state index is 1.03. The van der Waals surface area contributed by atoms with E-state index in [1.165, 1.54) is 11.3 Å². The molecular weight excluding hydrogens is 134 g/mol. The van der Waals surface area contributed by atoms with Crippen molar-refractivity contribution in [3.05, 3.63) is 23.9 Å². The second-order valence-corrected chi connectivity index (χ2v) is 2.57. The van der Waals surface area contributed by atoms with Crippen molar-refractivity contribution < 1.29 is 0 Å². The Morgan fingerprint density at radius 2 is 2.00 bits per heavy atom. The van der Waals surface area contributed by atoms with E-state index in [-0.39, 0.29) is 0 Å². The molecule has 0 spiro atoms. The van der Waals surface area contributed by atoms with Gasteiger partial charge in [0.15, 0.2) is 0 Å². The molecule has 0 aromatic rings. The van der Waals surface area contributed by atoms with E-state index in [0.29, 0.717) is 0 Å². The second-order valence-electron chi connectivity index (χ2n) is 2.57. The zero-order valence-corrected chi connectivity index (χ0v) is 7.89. The molecule has 0 unspecified atom stereocenters. The first-order chi connectivity index (χ1) is 5.20. The molecule has 0 radical (unpaired) electrons. The maximum atomic E-state index is 4.23. The fourth-order valence-corrected chi connectivity index (χ4v) is 0.470. The van der Waals surface area contributed by atoms with E-state index in [0.717, 1.165) is 6.42 Å². The van der Waals surface area contributed by atoms with Crippen LogP contribution in [0.4, 0.5) is 0 Å². The lowest BCUT2D eigenvalue weighted by Crippen LogP contribution is -1.83. The van der Waals surface area contributed by atoms with Crippen molar-refractivity contribution in [2.45, 2.75) is 34.1 Å². The van der Waals surface area contributed by atoms with E-state index >= 15 is 0 Å². The van der Waals surface area contributed by atoms with E-state index in [4.69, 9.17) is 0 Å². The van der Waals surface area contributed by atoms with Crippen LogP contribution in [0.15, 0.2) is 28.9 Å². The Morgan fingerprint density at radius 1 is 1.36 bits per heavy atom. The van der Waals surface area contributed by atoms with Gasteiger partial charge < -0.3 is 0 Å². The van der Waals surface area contributed by atoms with Gasteiger partial charge in [-0.1, -0.05) is 18.6 Å². The maximum Gasteiger partial charge on any atom is 0.0269 e. The van der Waals surface area contributed by atoms with E-state index in [1.807, 2.05) is 26.1 Å². The average molecular weight is 151 g/mol. The molecule has 0 fully saturated rings. The Morgan fingerprint density at radius 3 is 2.45 bits per heavy atom. The zero-order chi connectivity index (χ0) is 8.69. The normalized spacial score (nSPS) is 14.5. The molecule has 0 aliphatic carbocycles. The van der Waals surface area contributed by atoms with Crippen molar-refractivity contribution in [3.63, 3.8) is 0 Å². The minimum Gasteiger partial charge on any atom is -0.266 e. The summed E-state index contributed by atoms with van der Waals surface area (Å²) < 4.78 is 0. The lowest BCUT2D eigenvalue weighted by Gasteiger charge is -1.89. The summed E-state index contributed by atoms with van der Waals surface area (Å²) in [5, 5.41) is 0. The first-order valence-corrected chi connectivity index (χ1v) is 4.03. The van der Waals surface area contributed by atoms with Crippen molar-refractivity contribution in [3.8, 4) is 0 Å². The highest BCUT2D eigenvalue weighted by Gasteiger charge is 1.80. The SMILES string of the molecule is C/C=C(C)/C=C\N=C(/C)CC. The van der Waals surface area contributed by atoms with Crippen LogP contribution in [-0.4, -0.2) is 5.71 Å². The number of hydrogen-bond acceptors (Lipinski definition) is 1. The molecule has 0 amide bonds. The molecule has 0 rings (SSSR count). The third-order valence-electron chi connectivity index (χ3n) is 1.60. The van der Waals surface area contributed by atoms with Gasteiger partial charge in [0, 0.05) is 11.9 Å². The number of hydrogen-bond donors (Lipinski definition) is 0. The van der Waals surface area contributed by atoms with Gasteiger partial charge in [-0.25, -0.2) is 0 Å². The van der Waals surface area contributed by atoms with Gasteiger partial charge in [-0.2, -0.15) is 0 Å². The molecular formula is C10H17N. The summed E-state index contributed by atoms with van der Waals surface area (Å²) in [6.07, 6.45) is 6.96. The van der Waals surface area contributed by atoms with E-state index in [2.05, 4.69) is 24.9 Å². The summed E-state index contributed by atoms with van der Waals surface area (Å²) in [6.45, 7) is 8.23. The van der Waals surface area contributed by atoms with Gasteiger partial charge in [-0.05, 0) is 33.3 Å². The highest BCUT2D eigenvalue weighted by Crippen LogP contribution is 1.94. The number of aliphatic imine (C=N–C) groups is 1. The average Bonchev–Trinajstić information content (AvgIpc) is 2.04. The van der Waals surface area contributed by atoms with Crippen molar-refractivity contribution in [2.75, 3.05) is 0 Å². The van der Waals surface area contributed by atoms with Gasteiger partial charge in [-0.15, -0.1) is 0 Å². The van der Waals surface area contributed by atoms with Crippen LogP contribution >= 0.6 is 0 Å². The highest BCUT2D eigenvalue weighted by atomic mass is 14.7. The van der Waals surface area contributed by atoms with Crippen LogP contribution in [0.1, 0.15) is 34.1 Å². The molecule has 1 nitrogen and oxygen atoms in total. The molecule has 0 aliphatic heterocycles.